The Hall–Kier alpha value is -3.32. The van der Waals surface area contributed by atoms with Crippen molar-refractivity contribution in [1.29, 1.82) is 5.26 Å². The van der Waals surface area contributed by atoms with E-state index in [2.05, 4.69) is 15.4 Å². The van der Waals surface area contributed by atoms with Gasteiger partial charge in [-0.1, -0.05) is 0 Å². The zero-order chi connectivity index (χ0) is 18.9. The number of halogens is 1. The van der Waals surface area contributed by atoms with Crippen molar-refractivity contribution in [2.24, 2.45) is 0 Å². The summed E-state index contributed by atoms with van der Waals surface area (Å²) in [5.74, 6) is -2.00. The SMILES string of the molecule is CS(=O)(=O)CC(=O)Nc1nc2ccc(-c3cc(C#N)ccc3F)cn2n1. The third-order valence-electron chi connectivity index (χ3n) is 3.38. The van der Waals surface area contributed by atoms with Crippen LogP contribution in [-0.2, 0) is 14.6 Å². The minimum atomic E-state index is -3.47. The van der Waals surface area contributed by atoms with Crippen LogP contribution in [-0.4, -0.2) is 40.9 Å². The van der Waals surface area contributed by atoms with Gasteiger partial charge in [-0.05, 0) is 30.3 Å². The number of aromatic nitrogens is 3. The molecule has 10 heteroatoms. The molecule has 0 aliphatic carbocycles. The van der Waals surface area contributed by atoms with Crippen molar-refractivity contribution in [3.05, 3.63) is 47.9 Å². The topological polar surface area (TPSA) is 117 Å². The fourth-order valence-corrected chi connectivity index (χ4v) is 2.86. The Kier molecular flexibility index (Phi) is 4.40. The molecule has 0 saturated heterocycles. The molecular weight excluding hydrogens is 361 g/mol. The Labute approximate surface area is 147 Å². The lowest BCUT2D eigenvalue weighted by atomic mass is 10.0. The maximum absolute atomic E-state index is 14.1. The van der Waals surface area contributed by atoms with Crippen LogP contribution < -0.4 is 5.32 Å². The zero-order valence-electron chi connectivity index (χ0n) is 13.5. The van der Waals surface area contributed by atoms with Gasteiger partial charge in [0.2, 0.25) is 11.9 Å². The predicted octanol–water partition coefficient (Wildman–Crippen LogP) is 1.39. The molecule has 0 atom stereocenters. The molecule has 0 saturated carbocycles. The lowest BCUT2D eigenvalue weighted by Crippen LogP contribution is -2.22. The van der Waals surface area contributed by atoms with Gasteiger partial charge in [0.1, 0.15) is 11.6 Å². The van der Waals surface area contributed by atoms with Gasteiger partial charge in [-0.15, -0.1) is 5.10 Å². The van der Waals surface area contributed by atoms with E-state index in [0.717, 1.165) is 6.26 Å². The second kappa shape index (κ2) is 6.53. The van der Waals surface area contributed by atoms with Gasteiger partial charge in [-0.3, -0.25) is 10.1 Å². The van der Waals surface area contributed by atoms with Crippen LogP contribution in [0.2, 0.25) is 0 Å². The minimum Gasteiger partial charge on any atom is -0.292 e. The highest BCUT2D eigenvalue weighted by Gasteiger charge is 2.14. The molecule has 0 fully saturated rings. The number of benzene rings is 1. The predicted molar refractivity (Wildman–Crippen MR) is 91.4 cm³/mol. The molecule has 2 aromatic heterocycles. The number of pyridine rings is 1. The third-order valence-corrected chi connectivity index (χ3v) is 4.17. The Morgan fingerprint density at radius 1 is 1.35 bits per heavy atom. The molecular formula is C16H12FN5O3S. The van der Waals surface area contributed by atoms with E-state index in [9.17, 15) is 17.6 Å². The van der Waals surface area contributed by atoms with Crippen molar-refractivity contribution in [1.82, 2.24) is 14.6 Å². The summed E-state index contributed by atoms with van der Waals surface area (Å²) in [6.45, 7) is 0. The van der Waals surface area contributed by atoms with E-state index in [4.69, 9.17) is 5.26 Å². The van der Waals surface area contributed by atoms with Crippen LogP contribution in [0, 0.1) is 17.1 Å². The molecule has 1 amide bonds. The van der Waals surface area contributed by atoms with Gasteiger partial charge in [0.15, 0.2) is 15.5 Å². The fraction of sp³-hybridized carbons (Fsp3) is 0.125. The summed E-state index contributed by atoms with van der Waals surface area (Å²) in [4.78, 5) is 15.7. The van der Waals surface area contributed by atoms with Crippen LogP contribution in [0.4, 0.5) is 10.3 Å². The van der Waals surface area contributed by atoms with Crippen LogP contribution in [0.15, 0.2) is 36.5 Å². The van der Waals surface area contributed by atoms with Crippen LogP contribution in [0.3, 0.4) is 0 Å². The molecule has 26 heavy (non-hydrogen) atoms. The molecule has 0 aliphatic rings. The summed E-state index contributed by atoms with van der Waals surface area (Å²) in [6, 6.07) is 9.11. The fourth-order valence-electron chi connectivity index (χ4n) is 2.31. The largest absolute Gasteiger partial charge is 0.292 e. The molecule has 0 radical (unpaired) electrons. The van der Waals surface area contributed by atoms with Crippen molar-refractivity contribution in [3.8, 4) is 17.2 Å². The second-order valence-corrected chi connectivity index (χ2v) is 7.72. The maximum Gasteiger partial charge on any atom is 0.249 e. The zero-order valence-corrected chi connectivity index (χ0v) is 14.3. The highest BCUT2D eigenvalue weighted by atomic mass is 32.2. The number of rotatable bonds is 4. The number of nitrogens with zero attached hydrogens (tertiary/aromatic N) is 4. The van der Waals surface area contributed by atoms with Crippen molar-refractivity contribution < 1.29 is 17.6 Å². The molecule has 0 bridgehead atoms. The van der Waals surface area contributed by atoms with E-state index in [-0.39, 0.29) is 11.5 Å². The first-order valence-electron chi connectivity index (χ1n) is 7.29. The van der Waals surface area contributed by atoms with Gasteiger partial charge < -0.3 is 0 Å². The third kappa shape index (κ3) is 3.84. The number of fused-ring (bicyclic) bond motifs is 1. The number of nitrogens with one attached hydrogen (secondary N) is 1. The summed E-state index contributed by atoms with van der Waals surface area (Å²) in [6.07, 6.45) is 2.44. The average Bonchev–Trinajstić information content (AvgIpc) is 2.94. The van der Waals surface area contributed by atoms with E-state index in [1.165, 1.54) is 28.9 Å². The summed E-state index contributed by atoms with van der Waals surface area (Å²) in [5.41, 5.74) is 1.38. The van der Waals surface area contributed by atoms with Crippen molar-refractivity contribution in [3.63, 3.8) is 0 Å². The molecule has 1 aromatic carbocycles. The van der Waals surface area contributed by atoms with Gasteiger partial charge in [-0.2, -0.15) is 10.2 Å². The van der Waals surface area contributed by atoms with Gasteiger partial charge in [-0.25, -0.2) is 17.3 Å². The van der Waals surface area contributed by atoms with Crippen LogP contribution in [0.5, 0.6) is 0 Å². The van der Waals surface area contributed by atoms with Gasteiger partial charge >= 0.3 is 0 Å². The second-order valence-electron chi connectivity index (χ2n) is 5.58. The molecule has 3 rings (SSSR count). The van der Waals surface area contributed by atoms with Gasteiger partial charge in [0.25, 0.3) is 0 Å². The molecule has 1 N–H and O–H groups in total. The molecule has 0 spiro atoms. The minimum absolute atomic E-state index is 0.0675. The van der Waals surface area contributed by atoms with Crippen LogP contribution >= 0.6 is 0 Å². The summed E-state index contributed by atoms with van der Waals surface area (Å²) in [5, 5.41) is 15.3. The number of amides is 1. The standard InChI is InChI=1S/C16H12FN5O3S/c1-26(24,25)9-15(23)20-16-19-14-5-3-11(8-22(14)21-16)12-6-10(7-18)2-4-13(12)17/h2-6,8H,9H2,1H3,(H,20,21,23). The summed E-state index contributed by atoms with van der Waals surface area (Å²) >= 11 is 0. The molecule has 8 nitrogen and oxygen atoms in total. The van der Waals surface area contributed by atoms with Crippen molar-refractivity contribution in [2.75, 3.05) is 17.3 Å². The highest BCUT2D eigenvalue weighted by Crippen LogP contribution is 2.24. The Bertz CT molecular complexity index is 1160. The molecule has 0 unspecified atom stereocenters. The van der Waals surface area contributed by atoms with Crippen LogP contribution in [0.1, 0.15) is 5.56 Å². The Morgan fingerprint density at radius 2 is 2.12 bits per heavy atom. The maximum atomic E-state index is 14.1. The van der Waals surface area contributed by atoms with Gasteiger partial charge in [0.05, 0.1) is 11.6 Å². The summed E-state index contributed by atoms with van der Waals surface area (Å²) in [7, 11) is -3.47. The monoisotopic (exact) mass is 373 g/mol. The van der Waals surface area contributed by atoms with E-state index in [1.807, 2.05) is 6.07 Å². The molecule has 2 heterocycles. The van der Waals surface area contributed by atoms with E-state index < -0.39 is 27.3 Å². The van der Waals surface area contributed by atoms with Gasteiger partial charge in [0, 0.05) is 23.6 Å². The summed E-state index contributed by atoms with van der Waals surface area (Å²) < 4.78 is 37.6. The van der Waals surface area contributed by atoms with E-state index in [1.54, 1.807) is 12.1 Å². The van der Waals surface area contributed by atoms with Crippen LogP contribution in [0.25, 0.3) is 16.8 Å². The lowest BCUT2D eigenvalue weighted by Gasteiger charge is -2.04. The smallest absolute Gasteiger partial charge is 0.249 e. The number of nitriles is 1. The van der Waals surface area contributed by atoms with Crippen molar-refractivity contribution in [2.45, 2.75) is 0 Å². The normalized spacial score (nSPS) is 11.3. The first-order chi connectivity index (χ1) is 12.2. The number of anilines is 1. The first-order valence-corrected chi connectivity index (χ1v) is 9.35. The average molecular weight is 373 g/mol. The number of carbonyl (C=O) groups is 1. The van der Waals surface area contributed by atoms with Crippen molar-refractivity contribution >= 4 is 27.3 Å². The number of carbonyl (C=O) groups excluding carboxylic acids is 1. The number of sulfone groups is 1. The Balaban J connectivity index is 1.93. The first kappa shape index (κ1) is 17.5. The molecule has 3 aromatic rings. The van der Waals surface area contributed by atoms with E-state index in [0.29, 0.717) is 16.8 Å². The number of hydrogen-bond donors (Lipinski definition) is 1. The lowest BCUT2D eigenvalue weighted by molar-refractivity contribution is -0.113. The van der Waals surface area contributed by atoms with E-state index >= 15 is 0 Å². The highest BCUT2D eigenvalue weighted by molar-refractivity contribution is 7.91. The Morgan fingerprint density at radius 3 is 2.81 bits per heavy atom. The number of hydrogen-bond acceptors (Lipinski definition) is 6. The molecule has 132 valence electrons. The quantitative estimate of drug-likeness (QED) is 0.738. The molecule has 0 aliphatic heterocycles.